The van der Waals surface area contributed by atoms with E-state index in [2.05, 4.69) is 0 Å². The van der Waals surface area contributed by atoms with Gasteiger partial charge in [-0.05, 0) is 32.9 Å². The van der Waals surface area contributed by atoms with E-state index in [1.54, 1.807) is 30.1 Å². The van der Waals surface area contributed by atoms with E-state index in [4.69, 9.17) is 9.15 Å². The zero-order valence-corrected chi connectivity index (χ0v) is 13.3. The summed E-state index contributed by atoms with van der Waals surface area (Å²) < 4.78 is 12.3. The number of amides is 1. The Morgan fingerprint density at radius 1 is 1.36 bits per heavy atom. The van der Waals surface area contributed by atoms with E-state index in [-0.39, 0.29) is 12.0 Å². The Morgan fingerprint density at radius 2 is 2.09 bits per heavy atom. The Bertz CT molecular complexity index is 787. The molecule has 1 aromatic heterocycles. The second kappa shape index (κ2) is 4.98. The van der Waals surface area contributed by atoms with E-state index >= 15 is 0 Å². The van der Waals surface area contributed by atoms with Gasteiger partial charge in [-0.1, -0.05) is 6.07 Å². The second-order valence-electron chi connectivity index (χ2n) is 6.43. The van der Waals surface area contributed by atoms with Gasteiger partial charge in [0.15, 0.2) is 5.58 Å². The Balaban J connectivity index is 2.09. The molecule has 0 N–H and O–H groups in total. The standard InChI is InChI=1S/C16H20N2O4/c1-10-8-18(16(2,3)9-21-10)14(19)11-6-5-7-12-13(11)22-15(20)17(12)4/h5-7,10H,8-9H2,1-4H3. The molecule has 6 nitrogen and oxygen atoms in total. The van der Waals surface area contributed by atoms with Crippen molar-refractivity contribution in [1.29, 1.82) is 0 Å². The molecule has 0 bridgehead atoms. The van der Waals surface area contributed by atoms with Crippen molar-refractivity contribution in [2.45, 2.75) is 32.4 Å². The zero-order valence-electron chi connectivity index (χ0n) is 13.3. The third kappa shape index (κ3) is 2.23. The molecule has 0 radical (unpaired) electrons. The molecule has 0 spiro atoms. The lowest BCUT2D eigenvalue weighted by atomic mass is 9.99. The Morgan fingerprint density at radius 3 is 2.82 bits per heavy atom. The molecule has 118 valence electrons. The molecule has 1 atom stereocenters. The molecular formula is C16H20N2O4. The molecule has 1 aliphatic rings. The average Bonchev–Trinajstić information content (AvgIpc) is 2.76. The van der Waals surface area contributed by atoms with Gasteiger partial charge in [0.05, 0.1) is 29.3 Å². The minimum Gasteiger partial charge on any atom is -0.407 e. The number of hydrogen-bond acceptors (Lipinski definition) is 4. The topological polar surface area (TPSA) is 64.7 Å². The number of benzene rings is 1. The van der Waals surface area contributed by atoms with Crippen LogP contribution in [0.1, 0.15) is 31.1 Å². The molecular weight excluding hydrogens is 284 g/mol. The van der Waals surface area contributed by atoms with E-state index in [1.165, 1.54) is 4.57 Å². The van der Waals surface area contributed by atoms with E-state index < -0.39 is 11.3 Å². The number of aryl methyl sites for hydroxylation is 1. The van der Waals surface area contributed by atoms with Gasteiger partial charge in [-0.15, -0.1) is 0 Å². The molecule has 22 heavy (non-hydrogen) atoms. The van der Waals surface area contributed by atoms with Gasteiger partial charge in [0.1, 0.15) is 0 Å². The first-order chi connectivity index (χ1) is 10.3. The van der Waals surface area contributed by atoms with Gasteiger partial charge in [0.2, 0.25) is 0 Å². The van der Waals surface area contributed by atoms with Gasteiger partial charge in [-0.3, -0.25) is 9.36 Å². The van der Waals surface area contributed by atoms with Crippen molar-refractivity contribution in [3.8, 4) is 0 Å². The van der Waals surface area contributed by atoms with Gasteiger partial charge in [-0.25, -0.2) is 4.79 Å². The van der Waals surface area contributed by atoms with E-state index in [1.807, 2.05) is 20.8 Å². The maximum atomic E-state index is 13.0. The van der Waals surface area contributed by atoms with Crippen LogP contribution in [-0.4, -0.2) is 40.2 Å². The highest BCUT2D eigenvalue weighted by atomic mass is 16.5. The van der Waals surface area contributed by atoms with Gasteiger partial charge in [0, 0.05) is 13.6 Å². The lowest BCUT2D eigenvalue weighted by Crippen LogP contribution is -2.57. The molecule has 1 unspecified atom stereocenters. The van der Waals surface area contributed by atoms with Crippen LogP contribution in [0.3, 0.4) is 0 Å². The molecule has 1 amide bonds. The van der Waals surface area contributed by atoms with Crippen LogP contribution in [0.2, 0.25) is 0 Å². The smallest absolute Gasteiger partial charge is 0.407 e. The summed E-state index contributed by atoms with van der Waals surface area (Å²) in [5.41, 5.74) is 0.975. The molecule has 1 aliphatic heterocycles. The SMILES string of the molecule is CC1CN(C(=O)c2cccc3c2oc(=O)n3C)C(C)(C)CO1. The van der Waals surface area contributed by atoms with Crippen LogP contribution in [0.25, 0.3) is 11.1 Å². The summed E-state index contributed by atoms with van der Waals surface area (Å²) in [6.07, 6.45) is -0.0149. The van der Waals surface area contributed by atoms with Crippen LogP contribution in [0.4, 0.5) is 0 Å². The maximum absolute atomic E-state index is 13.0. The summed E-state index contributed by atoms with van der Waals surface area (Å²) in [6.45, 7) is 6.88. The Labute approximate surface area is 128 Å². The predicted octanol–water partition coefficient (Wildman–Crippen LogP) is 1.77. The fourth-order valence-electron chi connectivity index (χ4n) is 2.80. The minimum atomic E-state index is -0.468. The number of morpholine rings is 1. The van der Waals surface area contributed by atoms with Gasteiger partial charge < -0.3 is 14.1 Å². The molecule has 0 aliphatic carbocycles. The first-order valence-electron chi connectivity index (χ1n) is 7.33. The number of fused-ring (bicyclic) bond motifs is 1. The Kier molecular flexibility index (Phi) is 3.36. The third-order valence-corrected chi connectivity index (χ3v) is 4.19. The highest BCUT2D eigenvalue weighted by Gasteiger charge is 2.38. The predicted molar refractivity (Wildman–Crippen MR) is 82.0 cm³/mol. The van der Waals surface area contributed by atoms with Gasteiger partial charge in [-0.2, -0.15) is 0 Å². The number of carbonyl (C=O) groups is 1. The first kappa shape index (κ1) is 14.8. The third-order valence-electron chi connectivity index (χ3n) is 4.19. The lowest BCUT2D eigenvalue weighted by molar-refractivity contribution is -0.0755. The van der Waals surface area contributed by atoms with Crippen molar-refractivity contribution in [1.82, 2.24) is 9.47 Å². The molecule has 6 heteroatoms. The summed E-state index contributed by atoms with van der Waals surface area (Å²) in [7, 11) is 1.63. The van der Waals surface area contributed by atoms with Crippen LogP contribution in [0, 0.1) is 0 Å². The summed E-state index contributed by atoms with van der Waals surface area (Å²) >= 11 is 0. The van der Waals surface area contributed by atoms with Gasteiger partial charge >= 0.3 is 5.76 Å². The van der Waals surface area contributed by atoms with E-state index in [0.717, 1.165) is 0 Å². The number of ether oxygens (including phenoxy) is 1. The monoisotopic (exact) mass is 304 g/mol. The number of aromatic nitrogens is 1. The largest absolute Gasteiger partial charge is 0.419 e. The second-order valence-corrected chi connectivity index (χ2v) is 6.43. The number of oxazole rings is 1. The lowest BCUT2D eigenvalue weighted by Gasteiger charge is -2.44. The van der Waals surface area contributed by atoms with Gasteiger partial charge in [0.25, 0.3) is 5.91 Å². The zero-order chi connectivity index (χ0) is 16.1. The molecule has 1 saturated heterocycles. The highest BCUT2D eigenvalue weighted by molar-refractivity contribution is 6.04. The summed E-state index contributed by atoms with van der Waals surface area (Å²) in [4.78, 5) is 26.5. The van der Waals surface area contributed by atoms with Crippen LogP contribution in [0.15, 0.2) is 27.4 Å². The molecule has 1 fully saturated rings. The molecule has 0 saturated carbocycles. The normalized spacial score (nSPS) is 21.3. The number of hydrogen-bond donors (Lipinski definition) is 0. The molecule has 2 aromatic rings. The fraction of sp³-hybridized carbons (Fsp3) is 0.500. The van der Waals surface area contributed by atoms with Crippen LogP contribution in [0.5, 0.6) is 0 Å². The van der Waals surface area contributed by atoms with Crippen molar-refractivity contribution >= 4 is 17.0 Å². The number of nitrogens with zero attached hydrogens (tertiary/aromatic N) is 2. The van der Waals surface area contributed by atoms with Crippen LogP contribution in [-0.2, 0) is 11.8 Å². The van der Waals surface area contributed by atoms with Crippen LogP contribution >= 0.6 is 0 Å². The van der Waals surface area contributed by atoms with E-state index in [0.29, 0.717) is 29.8 Å². The van der Waals surface area contributed by atoms with Crippen molar-refractivity contribution in [2.24, 2.45) is 7.05 Å². The fourth-order valence-corrected chi connectivity index (χ4v) is 2.80. The minimum absolute atomic E-state index is 0.0149. The number of para-hydroxylation sites is 1. The highest BCUT2D eigenvalue weighted by Crippen LogP contribution is 2.27. The quantitative estimate of drug-likeness (QED) is 0.805. The first-order valence-corrected chi connectivity index (χ1v) is 7.33. The number of carbonyl (C=O) groups excluding carboxylic acids is 1. The van der Waals surface area contributed by atoms with Crippen molar-refractivity contribution in [2.75, 3.05) is 13.2 Å². The van der Waals surface area contributed by atoms with E-state index in [9.17, 15) is 9.59 Å². The summed E-state index contributed by atoms with van der Waals surface area (Å²) in [6, 6.07) is 5.23. The van der Waals surface area contributed by atoms with Crippen molar-refractivity contribution in [3.05, 3.63) is 34.3 Å². The van der Waals surface area contributed by atoms with Crippen LogP contribution < -0.4 is 5.76 Å². The molecule has 2 heterocycles. The summed E-state index contributed by atoms with van der Waals surface area (Å²) in [5, 5.41) is 0. The Hall–Kier alpha value is -2.08. The summed E-state index contributed by atoms with van der Waals surface area (Å²) in [5.74, 6) is -0.607. The molecule has 1 aromatic carbocycles. The average molecular weight is 304 g/mol. The maximum Gasteiger partial charge on any atom is 0.419 e. The number of rotatable bonds is 1. The van der Waals surface area contributed by atoms with Crippen molar-refractivity contribution in [3.63, 3.8) is 0 Å². The van der Waals surface area contributed by atoms with Crippen molar-refractivity contribution < 1.29 is 13.9 Å². The molecule has 3 rings (SSSR count).